The van der Waals surface area contributed by atoms with Crippen molar-refractivity contribution in [2.75, 3.05) is 26.4 Å². The molecule has 318 valence electrons. The van der Waals surface area contributed by atoms with E-state index in [1.165, 1.54) is 64.6 Å². The smallest absolute Gasteiger partial charge is 0.134 e. The van der Waals surface area contributed by atoms with E-state index in [2.05, 4.69) is 182 Å². The van der Waals surface area contributed by atoms with Crippen LogP contribution in [0.3, 0.4) is 0 Å². The van der Waals surface area contributed by atoms with Gasteiger partial charge in [-0.05, 0) is 119 Å². The molecule has 0 bridgehead atoms. The summed E-state index contributed by atoms with van der Waals surface area (Å²) in [5.41, 5.74) is 2.19. The summed E-state index contributed by atoms with van der Waals surface area (Å²) in [5.74, 6) is 3.77. The molecule has 0 aliphatic carbocycles. The van der Waals surface area contributed by atoms with Gasteiger partial charge in [0.2, 0.25) is 0 Å². The lowest BCUT2D eigenvalue weighted by Gasteiger charge is -2.20. The molecule has 0 heterocycles. The van der Waals surface area contributed by atoms with E-state index in [1.54, 1.807) is 0 Å². The fraction of sp³-hybridized carbons (Fsp3) is 0.200. The van der Waals surface area contributed by atoms with Crippen molar-refractivity contribution in [3.63, 3.8) is 0 Å². The minimum Gasteiger partial charge on any atom is -0.493 e. The van der Waals surface area contributed by atoms with Crippen LogP contribution in [0.5, 0.6) is 23.0 Å². The highest BCUT2D eigenvalue weighted by molar-refractivity contribution is 6.10. The average molecular weight is 839 g/mol. The Morgan fingerprint density at radius 2 is 0.516 bits per heavy atom. The van der Waals surface area contributed by atoms with Crippen LogP contribution in [0.15, 0.2) is 182 Å². The largest absolute Gasteiger partial charge is 0.493 e. The molecule has 0 radical (unpaired) electrons. The van der Waals surface area contributed by atoms with Crippen molar-refractivity contribution < 1.29 is 18.9 Å². The summed E-state index contributed by atoms with van der Waals surface area (Å²) < 4.78 is 26.5. The molecule has 10 aromatic carbocycles. The van der Waals surface area contributed by atoms with Gasteiger partial charge in [-0.3, -0.25) is 0 Å². The molecular formula is C60H54O4. The van der Waals surface area contributed by atoms with Crippen LogP contribution in [0.4, 0.5) is 0 Å². The molecule has 0 saturated heterocycles. The lowest BCUT2D eigenvalue weighted by Crippen LogP contribution is -2.03. The van der Waals surface area contributed by atoms with E-state index in [0.717, 1.165) is 85.5 Å². The standard InChI is InChI=1S/C60H54O4/c1(3-19-39-63-59-51-29-13-7-23-45(51)41-46-24-8-14-30-52(46)59)17-37-61-55-35-33-43-21-5-11-27-49(43)57(55)58-50-28-12-6-22-44(50)34-36-56(58)62-38-18-2-4-20-40-64-60-53-31-15-9-25-47(53)42-48-26-10-16-32-54(48)60/h5-16,21-36,41-42H,1-4,17-20,37-40H2. The Kier molecular flexibility index (Phi) is 12.5. The number of unbranched alkanes of at least 4 members (excludes halogenated alkanes) is 6. The summed E-state index contributed by atoms with van der Waals surface area (Å²) in [6.45, 7) is 2.66. The third kappa shape index (κ3) is 8.79. The fourth-order valence-electron chi connectivity index (χ4n) is 9.34. The second kappa shape index (κ2) is 19.6. The van der Waals surface area contributed by atoms with Crippen LogP contribution in [0.1, 0.15) is 51.4 Å². The van der Waals surface area contributed by atoms with Gasteiger partial charge in [-0.2, -0.15) is 0 Å². The van der Waals surface area contributed by atoms with Crippen molar-refractivity contribution in [3.05, 3.63) is 182 Å². The zero-order valence-electron chi connectivity index (χ0n) is 36.4. The van der Waals surface area contributed by atoms with Crippen LogP contribution in [0.2, 0.25) is 0 Å². The van der Waals surface area contributed by atoms with Crippen LogP contribution < -0.4 is 18.9 Å². The van der Waals surface area contributed by atoms with Gasteiger partial charge in [-0.1, -0.05) is 158 Å². The summed E-state index contributed by atoms with van der Waals surface area (Å²) in [7, 11) is 0. The lowest BCUT2D eigenvalue weighted by atomic mass is 9.92. The van der Waals surface area contributed by atoms with Crippen LogP contribution in [0.25, 0.3) is 75.8 Å². The molecule has 0 unspecified atom stereocenters. The number of rotatable bonds is 19. The zero-order chi connectivity index (χ0) is 42.9. The maximum Gasteiger partial charge on any atom is 0.134 e. The maximum atomic E-state index is 6.74. The number of ether oxygens (including phenoxy) is 4. The first-order chi connectivity index (χ1) is 31.8. The minimum atomic E-state index is 0.640. The van der Waals surface area contributed by atoms with Gasteiger partial charge < -0.3 is 18.9 Å². The highest BCUT2D eigenvalue weighted by Crippen LogP contribution is 2.46. The van der Waals surface area contributed by atoms with Crippen molar-refractivity contribution in [2.45, 2.75) is 51.4 Å². The molecule has 0 fully saturated rings. The molecule has 0 N–H and O–H groups in total. The zero-order valence-corrected chi connectivity index (χ0v) is 36.4. The molecule has 0 spiro atoms. The van der Waals surface area contributed by atoms with Gasteiger partial charge in [0.15, 0.2) is 0 Å². The van der Waals surface area contributed by atoms with Gasteiger partial charge in [0.1, 0.15) is 23.0 Å². The van der Waals surface area contributed by atoms with Gasteiger partial charge in [-0.25, -0.2) is 0 Å². The summed E-state index contributed by atoms with van der Waals surface area (Å²) >= 11 is 0. The molecule has 0 saturated carbocycles. The highest BCUT2D eigenvalue weighted by atomic mass is 16.5. The number of benzene rings is 10. The van der Waals surface area contributed by atoms with Gasteiger partial charge in [-0.15, -0.1) is 0 Å². The van der Waals surface area contributed by atoms with Crippen molar-refractivity contribution in [1.82, 2.24) is 0 Å². The summed E-state index contributed by atoms with van der Waals surface area (Å²) in [5, 5.41) is 14.2. The van der Waals surface area contributed by atoms with E-state index in [0.29, 0.717) is 26.4 Å². The molecular weight excluding hydrogens is 785 g/mol. The number of hydrogen-bond donors (Lipinski definition) is 0. The third-order valence-electron chi connectivity index (χ3n) is 12.6. The molecule has 0 atom stereocenters. The quantitative estimate of drug-likeness (QED) is 0.0600. The van der Waals surface area contributed by atoms with E-state index >= 15 is 0 Å². The predicted octanol–water partition coefficient (Wildman–Crippen LogP) is 16.3. The van der Waals surface area contributed by atoms with Gasteiger partial charge >= 0.3 is 0 Å². The molecule has 0 aromatic heterocycles. The van der Waals surface area contributed by atoms with Crippen LogP contribution >= 0.6 is 0 Å². The van der Waals surface area contributed by atoms with Crippen molar-refractivity contribution in [1.29, 1.82) is 0 Å². The van der Waals surface area contributed by atoms with Crippen molar-refractivity contribution in [3.8, 4) is 34.1 Å². The van der Waals surface area contributed by atoms with Crippen LogP contribution in [-0.2, 0) is 0 Å². The monoisotopic (exact) mass is 838 g/mol. The summed E-state index contributed by atoms with van der Waals surface area (Å²) in [6.07, 6.45) is 8.20. The van der Waals surface area contributed by atoms with E-state index in [-0.39, 0.29) is 0 Å². The third-order valence-corrected chi connectivity index (χ3v) is 12.6. The maximum absolute atomic E-state index is 6.74. The van der Waals surface area contributed by atoms with Gasteiger partial charge in [0.05, 0.1) is 26.4 Å². The van der Waals surface area contributed by atoms with Gasteiger partial charge in [0.25, 0.3) is 0 Å². The molecule has 0 aliphatic heterocycles. The highest BCUT2D eigenvalue weighted by Gasteiger charge is 2.19. The van der Waals surface area contributed by atoms with Gasteiger partial charge in [0, 0.05) is 32.7 Å². The Labute approximate surface area is 376 Å². The second-order valence-electron chi connectivity index (χ2n) is 16.8. The molecule has 64 heavy (non-hydrogen) atoms. The Morgan fingerprint density at radius 1 is 0.234 bits per heavy atom. The van der Waals surface area contributed by atoms with E-state index in [4.69, 9.17) is 18.9 Å². The molecule has 10 rings (SSSR count). The Morgan fingerprint density at radius 3 is 0.859 bits per heavy atom. The van der Waals surface area contributed by atoms with E-state index in [1.807, 2.05) is 0 Å². The molecule has 0 aliphatic rings. The summed E-state index contributed by atoms with van der Waals surface area (Å²) in [4.78, 5) is 0. The first kappa shape index (κ1) is 41.0. The van der Waals surface area contributed by atoms with Crippen LogP contribution in [0, 0.1) is 0 Å². The summed E-state index contributed by atoms with van der Waals surface area (Å²) in [6, 6.07) is 64.5. The SMILES string of the molecule is c1ccc2c(-c3c(OCCCCCCOc4c5ccccc5cc5ccccc45)ccc4ccccc34)c(OCCCCCCOc3c4ccccc4cc4ccccc34)ccc2c1. The normalized spacial score (nSPS) is 11.6. The fourth-order valence-corrected chi connectivity index (χ4v) is 9.34. The van der Waals surface area contributed by atoms with Crippen LogP contribution in [-0.4, -0.2) is 26.4 Å². The molecule has 10 aromatic rings. The molecule has 4 nitrogen and oxygen atoms in total. The second-order valence-corrected chi connectivity index (χ2v) is 16.8. The topological polar surface area (TPSA) is 36.9 Å². The molecule has 4 heteroatoms. The Bertz CT molecular complexity index is 2880. The number of hydrogen-bond acceptors (Lipinski definition) is 4. The minimum absolute atomic E-state index is 0.640. The van der Waals surface area contributed by atoms with E-state index in [9.17, 15) is 0 Å². The van der Waals surface area contributed by atoms with E-state index < -0.39 is 0 Å². The molecule has 0 amide bonds. The average Bonchev–Trinajstić information content (AvgIpc) is 3.34. The lowest BCUT2D eigenvalue weighted by molar-refractivity contribution is 0.289. The van der Waals surface area contributed by atoms with Crippen molar-refractivity contribution in [2.24, 2.45) is 0 Å². The Hall–Kier alpha value is -7.04. The predicted molar refractivity (Wildman–Crippen MR) is 269 cm³/mol. The first-order valence-electron chi connectivity index (χ1n) is 23.2. The van der Waals surface area contributed by atoms with Crippen molar-refractivity contribution >= 4 is 64.6 Å². The number of fused-ring (bicyclic) bond motifs is 6. The first-order valence-corrected chi connectivity index (χ1v) is 23.2. The Balaban J connectivity index is 0.772.